The molecule has 1 aromatic rings. The number of fused-ring (bicyclic) bond motifs is 2. The fraction of sp³-hybridized carbons (Fsp3) is 0.600. The zero-order valence-corrected chi connectivity index (χ0v) is 11.4. The van der Waals surface area contributed by atoms with Crippen molar-refractivity contribution in [3.05, 3.63) is 29.8 Å². The normalized spacial score (nSPS) is 33.3. The van der Waals surface area contributed by atoms with E-state index in [0.29, 0.717) is 11.8 Å². The molecule has 1 aromatic heterocycles. The number of nitrogens with zero attached hydrogens (tertiary/aromatic N) is 1. The molecule has 0 aliphatic heterocycles. The predicted molar refractivity (Wildman–Crippen MR) is 71.5 cm³/mol. The molecular formula is C15H19FN2O2. The first kappa shape index (κ1) is 13.5. The van der Waals surface area contributed by atoms with E-state index in [9.17, 15) is 14.3 Å². The molecule has 0 aromatic carbocycles. The minimum Gasteiger partial charge on any atom is -0.481 e. The van der Waals surface area contributed by atoms with Gasteiger partial charge in [0.05, 0.1) is 12.1 Å². The molecule has 5 unspecified atom stereocenters. The van der Waals surface area contributed by atoms with E-state index in [2.05, 4.69) is 10.3 Å². The molecule has 2 fully saturated rings. The van der Waals surface area contributed by atoms with Crippen LogP contribution in [0, 0.1) is 23.6 Å². The van der Waals surface area contributed by atoms with Gasteiger partial charge in [0.15, 0.2) is 0 Å². The van der Waals surface area contributed by atoms with Crippen molar-refractivity contribution in [2.24, 2.45) is 17.8 Å². The third kappa shape index (κ3) is 2.30. The first-order valence-corrected chi connectivity index (χ1v) is 7.15. The zero-order valence-electron chi connectivity index (χ0n) is 11.4. The van der Waals surface area contributed by atoms with Crippen molar-refractivity contribution in [3.8, 4) is 0 Å². The van der Waals surface area contributed by atoms with E-state index >= 15 is 0 Å². The van der Waals surface area contributed by atoms with E-state index in [1.165, 1.54) is 12.3 Å². The van der Waals surface area contributed by atoms with Crippen LogP contribution in [0.1, 0.15) is 37.8 Å². The Morgan fingerprint density at radius 1 is 1.45 bits per heavy atom. The van der Waals surface area contributed by atoms with Gasteiger partial charge in [0.1, 0.15) is 5.82 Å². The average Bonchev–Trinajstić information content (AvgIpc) is 2.99. The van der Waals surface area contributed by atoms with E-state index in [4.69, 9.17) is 0 Å². The summed E-state index contributed by atoms with van der Waals surface area (Å²) in [5.74, 6) is -0.645. The molecule has 4 nitrogen and oxygen atoms in total. The number of carbonyl (C=O) groups is 1. The lowest BCUT2D eigenvalue weighted by atomic mass is 9.84. The highest BCUT2D eigenvalue weighted by atomic mass is 19.1. The number of halogens is 1. The molecule has 2 N–H and O–H groups in total. The van der Waals surface area contributed by atoms with Gasteiger partial charge in [-0.05, 0) is 49.7 Å². The number of nitrogens with one attached hydrogen (secondary N) is 1. The molecule has 2 bridgehead atoms. The Hall–Kier alpha value is -1.49. The fourth-order valence-electron chi connectivity index (χ4n) is 3.94. The Kier molecular flexibility index (Phi) is 3.46. The maximum atomic E-state index is 13.2. The van der Waals surface area contributed by atoms with Crippen LogP contribution < -0.4 is 5.32 Å². The number of aliphatic carboxylic acids is 1. The van der Waals surface area contributed by atoms with E-state index in [1.807, 2.05) is 6.92 Å². The number of carboxylic acids is 1. The topological polar surface area (TPSA) is 62.2 Å². The van der Waals surface area contributed by atoms with Crippen LogP contribution in [0.25, 0.3) is 0 Å². The van der Waals surface area contributed by atoms with Gasteiger partial charge in [0.25, 0.3) is 0 Å². The van der Waals surface area contributed by atoms with Crippen molar-refractivity contribution in [2.75, 3.05) is 0 Å². The standard InChI is InChI=1S/C15H19FN2O2/c1-8(11-5-12(16)7-17-6-11)18-14-10-3-2-9(4-10)13(14)15(19)20/h5-10,13-14,18H,2-4H2,1H3,(H,19,20). The summed E-state index contributed by atoms with van der Waals surface area (Å²) in [6.07, 6.45) is 5.93. The van der Waals surface area contributed by atoms with E-state index in [1.54, 1.807) is 6.20 Å². The predicted octanol–water partition coefficient (Wildman–Crippen LogP) is 2.37. The summed E-state index contributed by atoms with van der Waals surface area (Å²) in [5, 5.41) is 12.8. The van der Waals surface area contributed by atoms with Crippen LogP contribution in [-0.2, 0) is 4.79 Å². The molecule has 108 valence electrons. The van der Waals surface area contributed by atoms with Crippen LogP contribution in [0.3, 0.4) is 0 Å². The fourth-order valence-corrected chi connectivity index (χ4v) is 3.94. The summed E-state index contributed by atoms with van der Waals surface area (Å²) < 4.78 is 13.2. The highest BCUT2D eigenvalue weighted by Gasteiger charge is 2.51. The molecule has 3 rings (SSSR count). The molecule has 0 radical (unpaired) electrons. The molecule has 2 saturated carbocycles. The summed E-state index contributed by atoms with van der Waals surface area (Å²) in [6.45, 7) is 1.93. The van der Waals surface area contributed by atoms with Gasteiger partial charge in [-0.15, -0.1) is 0 Å². The molecule has 2 aliphatic carbocycles. The maximum absolute atomic E-state index is 13.2. The van der Waals surface area contributed by atoms with Crippen molar-refractivity contribution in [1.82, 2.24) is 10.3 Å². The number of aromatic nitrogens is 1. The smallest absolute Gasteiger partial charge is 0.308 e. The largest absolute Gasteiger partial charge is 0.481 e. The van der Waals surface area contributed by atoms with Crippen molar-refractivity contribution < 1.29 is 14.3 Å². The van der Waals surface area contributed by atoms with E-state index in [-0.39, 0.29) is 23.8 Å². The molecule has 0 saturated heterocycles. The highest BCUT2D eigenvalue weighted by molar-refractivity contribution is 5.72. The quantitative estimate of drug-likeness (QED) is 0.887. The van der Waals surface area contributed by atoms with Crippen LogP contribution in [0.4, 0.5) is 4.39 Å². The number of hydrogen-bond donors (Lipinski definition) is 2. The minimum atomic E-state index is -0.709. The lowest BCUT2D eigenvalue weighted by Gasteiger charge is -2.31. The Morgan fingerprint density at radius 3 is 2.90 bits per heavy atom. The van der Waals surface area contributed by atoms with E-state index in [0.717, 1.165) is 24.8 Å². The summed E-state index contributed by atoms with van der Waals surface area (Å²) in [6, 6.07) is 1.35. The summed E-state index contributed by atoms with van der Waals surface area (Å²) in [7, 11) is 0. The first-order valence-electron chi connectivity index (χ1n) is 7.15. The second-order valence-electron chi connectivity index (χ2n) is 6.05. The third-order valence-electron chi connectivity index (χ3n) is 4.87. The molecule has 1 heterocycles. The number of carboxylic acid groups (broad SMARTS) is 1. The molecule has 5 atom stereocenters. The molecular weight excluding hydrogens is 259 g/mol. The number of pyridine rings is 1. The second-order valence-corrected chi connectivity index (χ2v) is 6.05. The molecule has 0 spiro atoms. The second kappa shape index (κ2) is 5.13. The van der Waals surface area contributed by atoms with Gasteiger partial charge in [0.2, 0.25) is 0 Å². The van der Waals surface area contributed by atoms with Crippen molar-refractivity contribution >= 4 is 5.97 Å². The van der Waals surface area contributed by atoms with Crippen LogP contribution in [0.15, 0.2) is 18.5 Å². The van der Waals surface area contributed by atoms with Crippen molar-refractivity contribution in [3.63, 3.8) is 0 Å². The Balaban J connectivity index is 1.75. The van der Waals surface area contributed by atoms with Crippen molar-refractivity contribution in [2.45, 2.75) is 38.3 Å². The minimum absolute atomic E-state index is 0.00971. The van der Waals surface area contributed by atoms with Gasteiger partial charge >= 0.3 is 5.97 Å². The van der Waals surface area contributed by atoms with Crippen LogP contribution in [-0.4, -0.2) is 22.1 Å². The van der Waals surface area contributed by atoms with Gasteiger partial charge in [-0.25, -0.2) is 4.39 Å². The third-order valence-corrected chi connectivity index (χ3v) is 4.87. The number of rotatable bonds is 4. The highest BCUT2D eigenvalue weighted by Crippen LogP contribution is 2.49. The van der Waals surface area contributed by atoms with Crippen molar-refractivity contribution in [1.29, 1.82) is 0 Å². The summed E-state index contributed by atoms with van der Waals surface area (Å²) >= 11 is 0. The van der Waals surface area contributed by atoms with Crippen LogP contribution >= 0.6 is 0 Å². The summed E-state index contributed by atoms with van der Waals surface area (Å²) in [4.78, 5) is 15.3. The molecule has 5 heteroatoms. The zero-order chi connectivity index (χ0) is 14.3. The monoisotopic (exact) mass is 278 g/mol. The Bertz CT molecular complexity index is 522. The van der Waals surface area contributed by atoms with Crippen LogP contribution in [0.2, 0.25) is 0 Å². The number of hydrogen-bond acceptors (Lipinski definition) is 3. The van der Waals surface area contributed by atoms with Gasteiger partial charge in [-0.1, -0.05) is 0 Å². The molecule has 0 amide bonds. The average molecular weight is 278 g/mol. The molecule has 2 aliphatic rings. The Labute approximate surface area is 117 Å². The first-order chi connectivity index (χ1) is 9.56. The molecule has 20 heavy (non-hydrogen) atoms. The van der Waals surface area contributed by atoms with Gasteiger partial charge < -0.3 is 10.4 Å². The lowest BCUT2D eigenvalue weighted by Crippen LogP contribution is -2.45. The lowest BCUT2D eigenvalue weighted by molar-refractivity contribution is -0.144. The van der Waals surface area contributed by atoms with E-state index < -0.39 is 5.97 Å². The van der Waals surface area contributed by atoms with Gasteiger partial charge in [0, 0.05) is 18.3 Å². The maximum Gasteiger partial charge on any atom is 0.308 e. The SMILES string of the molecule is CC(NC1C2CCC(C2)C1C(=O)O)c1cncc(F)c1. The van der Waals surface area contributed by atoms with Gasteiger partial charge in [-0.2, -0.15) is 0 Å². The van der Waals surface area contributed by atoms with Crippen LogP contribution in [0.5, 0.6) is 0 Å². The Morgan fingerprint density at radius 2 is 2.20 bits per heavy atom. The summed E-state index contributed by atoms with van der Waals surface area (Å²) in [5.41, 5.74) is 0.761. The van der Waals surface area contributed by atoms with Gasteiger partial charge in [-0.3, -0.25) is 9.78 Å².